The van der Waals surface area contributed by atoms with Crippen LogP contribution in [0, 0.1) is 0 Å². The van der Waals surface area contributed by atoms with Crippen LogP contribution in [0.3, 0.4) is 0 Å². The van der Waals surface area contributed by atoms with Crippen LogP contribution in [0.4, 0.5) is 11.5 Å². The number of piperidine rings is 1. The predicted molar refractivity (Wildman–Crippen MR) is 62.5 cm³/mol. The highest BCUT2D eigenvalue weighted by Gasteiger charge is 2.16. The Labute approximate surface area is 90.5 Å². The van der Waals surface area contributed by atoms with E-state index in [0.717, 1.165) is 18.8 Å². The SMILES string of the molecule is c1nc(N2CCCCC2)cc2c1CCN2. The van der Waals surface area contributed by atoms with Crippen molar-refractivity contribution in [2.45, 2.75) is 25.7 Å². The first-order valence-electron chi connectivity index (χ1n) is 5.91. The predicted octanol–water partition coefficient (Wildman–Crippen LogP) is 2.04. The number of fused-ring (bicyclic) bond motifs is 1. The van der Waals surface area contributed by atoms with E-state index in [1.165, 1.54) is 43.6 Å². The average Bonchev–Trinajstić information content (AvgIpc) is 2.77. The minimum absolute atomic E-state index is 1.07. The van der Waals surface area contributed by atoms with E-state index in [1.807, 2.05) is 6.20 Å². The molecule has 0 aliphatic carbocycles. The summed E-state index contributed by atoms with van der Waals surface area (Å²) in [6, 6.07) is 2.22. The second kappa shape index (κ2) is 3.72. The third-order valence-corrected chi connectivity index (χ3v) is 3.36. The van der Waals surface area contributed by atoms with Crippen LogP contribution in [-0.4, -0.2) is 24.6 Å². The van der Waals surface area contributed by atoms with E-state index in [4.69, 9.17) is 0 Å². The molecule has 0 spiro atoms. The Balaban J connectivity index is 1.85. The summed E-state index contributed by atoms with van der Waals surface area (Å²) in [7, 11) is 0. The number of hydrogen-bond acceptors (Lipinski definition) is 3. The molecular weight excluding hydrogens is 186 g/mol. The summed E-state index contributed by atoms with van der Waals surface area (Å²) < 4.78 is 0. The molecule has 0 amide bonds. The molecule has 2 aliphatic heterocycles. The third-order valence-electron chi connectivity index (χ3n) is 3.36. The highest BCUT2D eigenvalue weighted by Crippen LogP contribution is 2.26. The van der Waals surface area contributed by atoms with Crippen LogP contribution in [0.2, 0.25) is 0 Å². The maximum absolute atomic E-state index is 4.56. The molecule has 1 aromatic heterocycles. The molecule has 0 radical (unpaired) electrons. The van der Waals surface area contributed by atoms with Gasteiger partial charge in [0.1, 0.15) is 5.82 Å². The Bertz CT molecular complexity index is 356. The largest absolute Gasteiger partial charge is 0.384 e. The summed E-state index contributed by atoms with van der Waals surface area (Å²) in [5.41, 5.74) is 2.67. The number of nitrogens with zero attached hydrogens (tertiary/aromatic N) is 2. The molecule has 80 valence electrons. The summed E-state index contributed by atoms with van der Waals surface area (Å²) in [5, 5.41) is 3.41. The van der Waals surface area contributed by atoms with Crippen molar-refractivity contribution in [3.05, 3.63) is 17.8 Å². The molecule has 3 rings (SSSR count). The number of nitrogens with one attached hydrogen (secondary N) is 1. The molecule has 3 nitrogen and oxygen atoms in total. The number of pyridine rings is 1. The van der Waals surface area contributed by atoms with Crippen LogP contribution in [-0.2, 0) is 6.42 Å². The average molecular weight is 203 g/mol. The number of anilines is 2. The van der Waals surface area contributed by atoms with Gasteiger partial charge in [0.25, 0.3) is 0 Å². The van der Waals surface area contributed by atoms with Gasteiger partial charge >= 0.3 is 0 Å². The molecule has 0 saturated carbocycles. The highest BCUT2D eigenvalue weighted by molar-refractivity contribution is 5.61. The van der Waals surface area contributed by atoms with Gasteiger partial charge in [0.05, 0.1) is 0 Å². The Hall–Kier alpha value is -1.25. The maximum Gasteiger partial charge on any atom is 0.130 e. The first-order chi connectivity index (χ1) is 7.43. The summed E-state index contributed by atoms with van der Waals surface area (Å²) in [5.74, 6) is 1.16. The topological polar surface area (TPSA) is 28.2 Å². The fraction of sp³-hybridized carbons (Fsp3) is 0.583. The molecule has 0 atom stereocenters. The van der Waals surface area contributed by atoms with E-state index in [1.54, 1.807) is 0 Å². The zero-order valence-electron chi connectivity index (χ0n) is 9.00. The van der Waals surface area contributed by atoms with Gasteiger partial charge < -0.3 is 10.2 Å². The molecule has 1 aromatic rings. The van der Waals surface area contributed by atoms with Crippen LogP contribution in [0.25, 0.3) is 0 Å². The minimum atomic E-state index is 1.07. The van der Waals surface area contributed by atoms with Crippen molar-refractivity contribution in [2.24, 2.45) is 0 Å². The standard InChI is InChI=1S/C12H17N3/c1-2-6-15(7-3-1)12-8-11-10(9-14-12)4-5-13-11/h8-9,13H,1-7H2. The zero-order chi connectivity index (χ0) is 10.1. The van der Waals surface area contributed by atoms with E-state index >= 15 is 0 Å². The Morgan fingerprint density at radius 3 is 2.93 bits per heavy atom. The molecule has 15 heavy (non-hydrogen) atoms. The fourth-order valence-corrected chi connectivity index (χ4v) is 2.46. The van der Waals surface area contributed by atoms with E-state index in [-0.39, 0.29) is 0 Å². The molecule has 0 unspecified atom stereocenters. The summed E-state index contributed by atoms with van der Waals surface area (Å²) >= 11 is 0. The van der Waals surface area contributed by atoms with E-state index in [0.29, 0.717) is 0 Å². The van der Waals surface area contributed by atoms with Crippen LogP contribution < -0.4 is 10.2 Å². The van der Waals surface area contributed by atoms with Gasteiger partial charge in [-0.3, -0.25) is 0 Å². The van der Waals surface area contributed by atoms with Gasteiger partial charge in [0.2, 0.25) is 0 Å². The van der Waals surface area contributed by atoms with Gasteiger partial charge in [-0.05, 0) is 31.2 Å². The minimum Gasteiger partial charge on any atom is -0.384 e. The molecule has 0 aromatic carbocycles. The van der Waals surface area contributed by atoms with Crippen molar-refractivity contribution < 1.29 is 0 Å². The Kier molecular flexibility index (Phi) is 2.24. The molecule has 0 bridgehead atoms. The Morgan fingerprint density at radius 2 is 2.07 bits per heavy atom. The van der Waals surface area contributed by atoms with Gasteiger partial charge in [0, 0.05) is 37.6 Å². The highest BCUT2D eigenvalue weighted by atomic mass is 15.2. The van der Waals surface area contributed by atoms with Crippen LogP contribution in [0.1, 0.15) is 24.8 Å². The third kappa shape index (κ3) is 1.66. The monoisotopic (exact) mass is 203 g/mol. The van der Waals surface area contributed by atoms with Crippen molar-refractivity contribution in [2.75, 3.05) is 29.9 Å². The molecule has 2 aliphatic rings. The molecule has 1 N–H and O–H groups in total. The molecule has 1 saturated heterocycles. The van der Waals surface area contributed by atoms with Crippen molar-refractivity contribution in [3.63, 3.8) is 0 Å². The van der Waals surface area contributed by atoms with Crippen molar-refractivity contribution in [3.8, 4) is 0 Å². The van der Waals surface area contributed by atoms with Gasteiger partial charge in [0.15, 0.2) is 0 Å². The lowest BCUT2D eigenvalue weighted by Gasteiger charge is -2.27. The smallest absolute Gasteiger partial charge is 0.130 e. The van der Waals surface area contributed by atoms with Crippen LogP contribution in [0.5, 0.6) is 0 Å². The van der Waals surface area contributed by atoms with Crippen LogP contribution in [0.15, 0.2) is 12.3 Å². The van der Waals surface area contributed by atoms with Crippen LogP contribution >= 0.6 is 0 Å². The number of aromatic nitrogens is 1. The van der Waals surface area contributed by atoms with E-state index in [9.17, 15) is 0 Å². The first kappa shape index (κ1) is 9.01. The lowest BCUT2D eigenvalue weighted by atomic mass is 10.1. The lowest BCUT2D eigenvalue weighted by molar-refractivity contribution is 0.573. The van der Waals surface area contributed by atoms with E-state index < -0.39 is 0 Å². The van der Waals surface area contributed by atoms with Gasteiger partial charge in [-0.15, -0.1) is 0 Å². The molecule has 1 fully saturated rings. The molecule has 3 heterocycles. The maximum atomic E-state index is 4.56. The molecular formula is C12H17N3. The first-order valence-corrected chi connectivity index (χ1v) is 5.91. The second-order valence-corrected chi connectivity index (χ2v) is 4.42. The Morgan fingerprint density at radius 1 is 1.20 bits per heavy atom. The summed E-state index contributed by atoms with van der Waals surface area (Å²) in [4.78, 5) is 6.97. The fourth-order valence-electron chi connectivity index (χ4n) is 2.46. The zero-order valence-corrected chi connectivity index (χ0v) is 9.00. The van der Waals surface area contributed by atoms with E-state index in [2.05, 4.69) is 21.3 Å². The number of rotatable bonds is 1. The van der Waals surface area contributed by atoms with Crippen molar-refractivity contribution in [1.82, 2.24) is 4.98 Å². The lowest BCUT2D eigenvalue weighted by Crippen LogP contribution is -2.30. The van der Waals surface area contributed by atoms with Gasteiger partial charge in [-0.1, -0.05) is 0 Å². The summed E-state index contributed by atoms with van der Waals surface area (Å²) in [6.45, 7) is 3.41. The summed E-state index contributed by atoms with van der Waals surface area (Å²) in [6.07, 6.45) is 7.17. The second-order valence-electron chi connectivity index (χ2n) is 4.42. The van der Waals surface area contributed by atoms with Gasteiger partial charge in [-0.25, -0.2) is 4.98 Å². The quantitative estimate of drug-likeness (QED) is 0.757. The van der Waals surface area contributed by atoms with Gasteiger partial charge in [-0.2, -0.15) is 0 Å². The normalized spacial score (nSPS) is 19.9. The molecule has 3 heteroatoms. The van der Waals surface area contributed by atoms with Crippen molar-refractivity contribution in [1.29, 1.82) is 0 Å². The number of hydrogen-bond donors (Lipinski definition) is 1. The van der Waals surface area contributed by atoms with Crippen molar-refractivity contribution >= 4 is 11.5 Å².